The molecule has 1 fully saturated rings. The zero-order valence-corrected chi connectivity index (χ0v) is 16.3. The van der Waals surface area contributed by atoms with Gasteiger partial charge in [0.1, 0.15) is 0 Å². The van der Waals surface area contributed by atoms with Gasteiger partial charge in [-0.15, -0.1) is 0 Å². The molecule has 0 unspecified atom stereocenters. The lowest BCUT2D eigenvalue weighted by atomic mass is 10.1. The molecule has 0 aromatic heterocycles. The topological polar surface area (TPSA) is 49.4 Å². The predicted molar refractivity (Wildman–Crippen MR) is 105 cm³/mol. The largest absolute Gasteiger partial charge is 0.347 e. The molecule has 1 N–H and O–H groups in total. The van der Waals surface area contributed by atoms with Gasteiger partial charge in [-0.05, 0) is 43.2 Å². The zero-order chi connectivity index (χ0) is 18.5. The van der Waals surface area contributed by atoms with E-state index in [2.05, 4.69) is 5.32 Å². The van der Waals surface area contributed by atoms with E-state index in [-0.39, 0.29) is 17.9 Å². The quantitative estimate of drug-likeness (QED) is 0.795. The molecule has 0 aliphatic carbocycles. The summed E-state index contributed by atoms with van der Waals surface area (Å²) in [5.41, 5.74) is 1.60. The summed E-state index contributed by atoms with van der Waals surface area (Å²) in [4.78, 5) is 27.4. The minimum atomic E-state index is -0.923. The van der Waals surface area contributed by atoms with Gasteiger partial charge in [0, 0.05) is 21.4 Å². The highest BCUT2D eigenvalue weighted by Gasteiger charge is 2.57. The fourth-order valence-corrected chi connectivity index (χ4v) is 5.53. The fourth-order valence-electron chi connectivity index (χ4n) is 3.54. The molecule has 4 rings (SSSR count). The van der Waals surface area contributed by atoms with Gasteiger partial charge >= 0.3 is 0 Å². The molecule has 26 heavy (non-hydrogen) atoms. The van der Waals surface area contributed by atoms with Crippen molar-refractivity contribution in [3.8, 4) is 0 Å². The molecule has 4 nitrogen and oxygen atoms in total. The van der Waals surface area contributed by atoms with Crippen molar-refractivity contribution < 1.29 is 9.59 Å². The summed E-state index contributed by atoms with van der Waals surface area (Å²) in [7, 11) is 0. The Kier molecular flexibility index (Phi) is 4.41. The first-order valence-electron chi connectivity index (χ1n) is 8.29. The molecule has 2 aliphatic heterocycles. The summed E-state index contributed by atoms with van der Waals surface area (Å²) in [5, 5.41) is 4.09. The average molecular weight is 407 g/mol. The maximum atomic E-state index is 13.2. The lowest BCUT2D eigenvalue weighted by molar-refractivity contribution is -0.125. The van der Waals surface area contributed by atoms with E-state index in [1.807, 2.05) is 31.2 Å². The molecule has 0 radical (unpaired) electrons. The van der Waals surface area contributed by atoms with E-state index in [0.29, 0.717) is 22.9 Å². The van der Waals surface area contributed by atoms with E-state index in [9.17, 15) is 9.59 Å². The molecule has 0 bridgehead atoms. The fraction of sp³-hybridized carbons (Fsp3) is 0.263. The number of carbonyl (C=O) groups is 2. The van der Waals surface area contributed by atoms with Crippen molar-refractivity contribution in [2.75, 3.05) is 4.90 Å². The Morgan fingerprint density at radius 1 is 1.27 bits per heavy atom. The van der Waals surface area contributed by atoms with Gasteiger partial charge in [0.05, 0.1) is 11.7 Å². The first-order chi connectivity index (χ1) is 12.4. The maximum absolute atomic E-state index is 13.2. The number of rotatable bonds is 3. The number of fused-ring (bicyclic) bond motifs is 3. The molecule has 1 saturated heterocycles. The standard InChI is InChI=1S/C19H16Cl2N2O2S/c1-11(13-7-6-12(20)10-14(13)21)22-18(25)19-9-8-17(24)23(19)15-4-2-3-5-16(15)26-19/h2-7,10-11H,8-9H2,1H3,(H,22,25)/t11-,19+/m0/s1. The molecular formula is C19H16Cl2N2O2S. The van der Waals surface area contributed by atoms with Crippen molar-refractivity contribution in [1.82, 2.24) is 5.32 Å². The van der Waals surface area contributed by atoms with Crippen molar-refractivity contribution in [1.29, 1.82) is 0 Å². The van der Waals surface area contributed by atoms with Crippen LogP contribution in [0, 0.1) is 0 Å². The second kappa shape index (κ2) is 6.48. The van der Waals surface area contributed by atoms with Gasteiger partial charge in [-0.3, -0.25) is 14.5 Å². The Morgan fingerprint density at radius 3 is 2.81 bits per heavy atom. The Bertz CT molecular complexity index is 920. The third-order valence-electron chi connectivity index (χ3n) is 4.80. The van der Waals surface area contributed by atoms with Crippen LogP contribution in [0.5, 0.6) is 0 Å². The lowest BCUT2D eigenvalue weighted by Gasteiger charge is -2.31. The van der Waals surface area contributed by atoms with Crippen LogP contribution in [0.4, 0.5) is 5.69 Å². The van der Waals surface area contributed by atoms with Crippen LogP contribution in [-0.2, 0) is 9.59 Å². The molecule has 0 spiro atoms. The van der Waals surface area contributed by atoms with Crippen LogP contribution in [0.3, 0.4) is 0 Å². The van der Waals surface area contributed by atoms with Gasteiger partial charge in [-0.2, -0.15) is 0 Å². The Balaban J connectivity index is 1.63. The molecule has 2 aliphatic rings. The van der Waals surface area contributed by atoms with Crippen molar-refractivity contribution >= 4 is 52.5 Å². The van der Waals surface area contributed by atoms with Gasteiger partial charge in [-0.1, -0.05) is 53.2 Å². The number of nitrogens with one attached hydrogen (secondary N) is 1. The molecule has 2 aromatic carbocycles. The van der Waals surface area contributed by atoms with Crippen LogP contribution in [0.15, 0.2) is 47.4 Å². The van der Waals surface area contributed by atoms with E-state index < -0.39 is 4.87 Å². The highest BCUT2D eigenvalue weighted by Crippen LogP contribution is 2.55. The van der Waals surface area contributed by atoms with E-state index in [0.717, 1.165) is 16.1 Å². The Labute approximate surface area is 165 Å². The molecule has 2 heterocycles. The van der Waals surface area contributed by atoms with Crippen molar-refractivity contribution in [3.63, 3.8) is 0 Å². The SMILES string of the molecule is C[C@H](NC(=O)[C@]12CCC(=O)N1c1ccccc1S2)c1ccc(Cl)cc1Cl. The predicted octanol–water partition coefficient (Wildman–Crippen LogP) is 4.80. The second-order valence-corrected chi connectivity index (χ2v) is 8.61. The monoisotopic (exact) mass is 406 g/mol. The van der Waals surface area contributed by atoms with Gasteiger partial charge in [0.25, 0.3) is 5.91 Å². The van der Waals surface area contributed by atoms with Crippen molar-refractivity contribution in [2.24, 2.45) is 0 Å². The van der Waals surface area contributed by atoms with Crippen LogP contribution in [0.25, 0.3) is 0 Å². The zero-order valence-electron chi connectivity index (χ0n) is 14.0. The summed E-state index contributed by atoms with van der Waals surface area (Å²) < 4.78 is 0. The molecule has 134 valence electrons. The van der Waals surface area contributed by atoms with Gasteiger partial charge < -0.3 is 5.32 Å². The van der Waals surface area contributed by atoms with Crippen LogP contribution in [0.2, 0.25) is 10.0 Å². The number of hydrogen-bond donors (Lipinski definition) is 1. The summed E-state index contributed by atoms with van der Waals surface area (Å²) in [6.45, 7) is 1.87. The number of anilines is 1. The first-order valence-corrected chi connectivity index (χ1v) is 9.86. The van der Waals surface area contributed by atoms with E-state index in [1.165, 1.54) is 11.8 Å². The number of nitrogens with zero attached hydrogens (tertiary/aromatic N) is 1. The van der Waals surface area contributed by atoms with Gasteiger partial charge in [0.15, 0.2) is 4.87 Å². The smallest absolute Gasteiger partial charge is 0.257 e. The Hall–Kier alpha value is -1.69. The van der Waals surface area contributed by atoms with Crippen LogP contribution in [-0.4, -0.2) is 16.7 Å². The first kappa shape index (κ1) is 17.7. The highest BCUT2D eigenvalue weighted by atomic mass is 35.5. The van der Waals surface area contributed by atoms with Crippen molar-refractivity contribution in [3.05, 3.63) is 58.1 Å². The summed E-state index contributed by atoms with van der Waals surface area (Å²) in [6, 6.07) is 12.5. The minimum Gasteiger partial charge on any atom is -0.347 e. The lowest BCUT2D eigenvalue weighted by Crippen LogP contribution is -2.52. The molecule has 0 saturated carbocycles. The molecule has 2 amide bonds. The van der Waals surface area contributed by atoms with E-state index in [4.69, 9.17) is 23.2 Å². The van der Waals surface area contributed by atoms with Crippen molar-refractivity contribution in [2.45, 2.75) is 35.6 Å². The number of carbonyl (C=O) groups excluding carboxylic acids is 2. The number of amides is 2. The molecule has 7 heteroatoms. The number of halogens is 2. The normalized spacial score (nSPS) is 22.1. The maximum Gasteiger partial charge on any atom is 0.257 e. The summed E-state index contributed by atoms with van der Waals surface area (Å²) >= 11 is 13.7. The number of benzene rings is 2. The third kappa shape index (κ3) is 2.70. The molecule has 2 atom stereocenters. The Morgan fingerprint density at radius 2 is 2.04 bits per heavy atom. The molecular weight excluding hydrogens is 391 g/mol. The average Bonchev–Trinajstić information content (AvgIpc) is 3.11. The number of hydrogen-bond acceptors (Lipinski definition) is 3. The molecule has 2 aromatic rings. The van der Waals surface area contributed by atoms with Crippen LogP contribution < -0.4 is 10.2 Å². The minimum absolute atomic E-state index is 0.0187. The van der Waals surface area contributed by atoms with Crippen LogP contribution in [0.1, 0.15) is 31.4 Å². The highest BCUT2D eigenvalue weighted by molar-refractivity contribution is 8.02. The number of thioether (sulfide) groups is 1. The third-order valence-corrected chi connectivity index (χ3v) is 6.84. The number of para-hydroxylation sites is 1. The van der Waals surface area contributed by atoms with E-state index in [1.54, 1.807) is 23.1 Å². The van der Waals surface area contributed by atoms with Gasteiger partial charge in [-0.25, -0.2) is 0 Å². The summed E-state index contributed by atoms with van der Waals surface area (Å²) in [6.07, 6.45) is 0.850. The van der Waals surface area contributed by atoms with E-state index >= 15 is 0 Å². The second-order valence-electron chi connectivity index (χ2n) is 6.44. The van der Waals surface area contributed by atoms with Crippen LogP contribution >= 0.6 is 35.0 Å². The summed E-state index contributed by atoms with van der Waals surface area (Å²) in [5.74, 6) is -0.196. The van der Waals surface area contributed by atoms with Gasteiger partial charge in [0.2, 0.25) is 5.91 Å².